The number of aliphatic hydroxyl groups excluding tert-OH is 2. The monoisotopic (exact) mass is 202 g/mol. The molecule has 0 fully saturated rings. The molecule has 0 saturated carbocycles. The number of carbonyl (C=O) groups is 2. The summed E-state index contributed by atoms with van der Waals surface area (Å²) in [7, 11) is 0. The lowest BCUT2D eigenvalue weighted by atomic mass is 10.1. The van der Waals surface area contributed by atoms with Gasteiger partial charge in [0.05, 0.1) is 0 Å². The van der Waals surface area contributed by atoms with Crippen LogP contribution in [0.25, 0.3) is 0 Å². The minimum atomic E-state index is -1.31. The Hall–Kier alpha value is -1.08. The van der Waals surface area contributed by atoms with Crippen molar-refractivity contribution >= 4 is 11.6 Å². The van der Waals surface area contributed by atoms with Gasteiger partial charge in [-0.2, -0.15) is 0 Å². The molecule has 0 heterocycles. The average Bonchev–Trinajstić information content (AvgIpc) is 2.22. The first kappa shape index (κ1) is 12.9. The van der Waals surface area contributed by atoms with Gasteiger partial charge in [-0.1, -0.05) is 0 Å². The molecule has 6 N–H and O–H groups in total. The first-order valence-electron chi connectivity index (χ1n) is 4.05. The summed E-state index contributed by atoms with van der Waals surface area (Å²) in [5.74, 6) is -1.35. The van der Waals surface area contributed by atoms with Crippen LogP contribution in [0.3, 0.4) is 0 Å². The second-order valence-corrected chi connectivity index (χ2v) is 2.64. The molecule has 14 heavy (non-hydrogen) atoms. The van der Waals surface area contributed by atoms with Gasteiger partial charge >= 0.3 is 0 Å². The minimum Gasteiger partial charge on any atom is -0.384 e. The molecule has 0 aromatic rings. The average molecular weight is 202 g/mol. The second-order valence-electron chi connectivity index (χ2n) is 2.64. The number of aliphatic hydroxyl groups is 2. The molecule has 0 rings (SSSR count). The van der Waals surface area contributed by atoms with Crippen molar-refractivity contribution in [2.75, 3.05) is 13.1 Å². The fraction of sp³-hybridized carbons (Fsp3) is 0.500. The van der Waals surface area contributed by atoms with Crippen molar-refractivity contribution in [2.45, 2.75) is 12.2 Å². The zero-order valence-corrected chi connectivity index (χ0v) is 7.59. The van der Waals surface area contributed by atoms with Gasteiger partial charge in [0.1, 0.15) is 12.2 Å². The van der Waals surface area contributed by atoms with E-state index >= 15 is 0 Å². The maximum Gasteiger partial charge on any atom is 0.185 e. The third-order valence-corrected chi connectivity index (χ3v) is 1.52. The van der Waals surface area contributed by atoms with Crippen LogP contribution < -0.4 is 11.5 Å². The summed E-state index contributed by atoms with van der Waals surface area (Å²) in [6, 6.07) is 0. The molecule has 0 bridgehead atoms. The quantitative estimate of drug-likeness (QED) is 0.348. The molecule has 0 aliphatic carbocycles. The number of rotatable bonds is 6. The lowest BCUT2D eigenvalue weighted by Crippen LogP contribution is -2.29. The number of ketones is 2. The standard InChI is InChI=1S/C8H14N2O4/c9-3-7(13)5(11)1-2-6(12)8(14)4-10/h1-2,7-8,13-14H,3-4,9-10H2/b2-1-. The highest BCUT2D eigenvalue weighted by atomic mass is 16.3. The van der Waals surface area contributed by atoms with Gasteiger partial charge in [0.15, 0.2) is 11.6 Å². The van der Waals surface area contributed by atoms with E-state index < -0.39 is 23.8 Å². The molecule has 0 radical (unpaired) electrons. The molecule has 0 aliphatic heterocycles. The van der Waals surface area contributed by atoms with E-state index in [1.54, 1.807) is 0 Å². The molecule has 0 aliphatic rings. The Morgan fingerprint density at radius 3 is 1.50 bits per heavy atom. The van der Waals surface area contributed by atoms with Crippen LogP contribution >= 0.6 is 0 Å². The van der Waals surface area contributed by atoms with Crippen molar-refractivity contribution < 1.29 is 19.8 Å². The van der Waals surface area contributed by atoms with Gasteiger partial charge in [0.25, 0.3) is 0 Å². The molecule has 0 spiro atoms. The van der Waals surface area contributed by atoms with Crippen molar-refractivity contribution in [2.24, 2.45) is 11.5 Å². The molecule has 0 aromatic carbocycles. The van der Waals surface area contributed by atoms with Crippen LogP contribution in [0, 0.1) is 0 Å². The third kappa shape index (κ3) is 4.24. The molecule has 80 valence electrons. The van der Waals surface area contributed by atoms with Crippen molar-refractivity contribution in [3.8, 4) is 0 Å². The lowest BCUT2D eigenvalue weighted by molar-refractivity contribution is -0.123. The number of hydrogen-bond acceptors (Lipinski definition) is 6. The van der Waals surface area contributed by atoms with E-state index in [1.165, 1.54) is 0 Å². The number of hydrogen-bond donors (Lipinski definition) is 4. The first-order chi connectivity index (χ1) is 6.52. The van der Waals surface area contributed by atoms with E-state index in [-0.39, 0.29) is 13.1 Å². The highest BCUT2D eigenvalue weighted by Gasteiger charge is 2.12. The van der Waals surface area contributed by atoms with Crippen molar-refractivity contribution in [1.29, 1.82) is 0 Å². The maximum atomic E-state index is 10.9. The van der Waals surface area contributed by atoms with Gasteiger partial charge in [-0.15, -0.1) is 0 Å². The lowest BCUT2D eigenvalue weighted by Gasteiger charge is -2.03. The van der Waals surface area contributed by atoms with Crippen LogP contribution in [0.15, 0.2) is 12.2 Å². The fourth-order valence-electron chi connectivity index (χ4n) is 0.619. The predicted molar refractivity (Wildman–Crippen MR) is 49.3 cm³/mol. The summed E-state index contributed by atoms with van der Waals surface area (Å²) in [6.07, 6.45) is -0.875. The zero-order valence-electron chi connectivity index (χ0n) is 7.59. The molecular weight excluding hydrogens is 188 g/mol. The summed E-state index contributed by atoms with van der Waals surface area (Å²) >= 11 is 0. The topological polar surface area (TPSA) is 127 Å². The largest absolute Gasteiger partial charge is 0.384 e. The Bertz CT molecular complexity index is 215. The molecular formula is C8H14N2O4. The Kier molecular flexibility index (Phi) is 5.89. The smallest absolute Gasteiger partial charge is 0.185 e. The van der Waals surface area contributed by atoms with Crippen LogP contribution in [0.4, 0.5) is 0 Å². The summed E-state index contributed by atoms with van der Waals surface area (Å²) in [4.78, 5) is 21.8. The van der Waals surface area contributed by atoms with Gasteiger partial charge in [-0.25, -0.2) is 0 Å². The molecule has 6 nitrogen and oxygen atoms in total. The second kappa shape index (κ2) is 6.39. The Balaban J connectivity index is 4.17. The zero-order chi connectivity index (χ0) is 11.1. The number of carbonyl (C=O) groups excluding carboxylic acids is 2. The highest BCUT2D eigenvalue weighted by molar-refractivity contribution is 6.02. The SMILES string of the molecule is NCC(O)C(=O)/C=C\C(=O)C(O)CN. The summed E-state index contributed by atoms with van der Waals surface area (Å²) in [5, 5.41) is 17.8. The van der Waals surface area contributed by atoms with Gasteiger partial charge in [-0.3, -0.25) is 9.59 Å². The van der Waals surface area contributed by atoms with Crippen LogP contribution in [0.5, 0.6) is 0 Å². The molecule has 0 aromatic heterocycles. The molecule has 2 atom stereocenters. The maximum absolute atomic E-state index is 10.9. The normalized spacial score (nSPS) is 15.4. The Morgan fingerprint density at radius 1 is 1.00 bits per heavy atom. The molecule has 6 heteroatoms. The van der Waals surface area contributed by atoms with E-state index in [0.717, 1.165) is 12.2 Å². The summed E-state index contributed by atoms with van der Waals surface area (Å²) < 4.78 is 0. The summed E-state index contributed by atoms with van der Waals surface area (Å²) in [6.45, 7) is -0.423. The van der Waals surface area contributed by atoms with Crippen molar-refractivity contribution in [3.63, 3.8) is 0 Å². The molecule has 0 amide bonds. The summed E-state index contributed by atoms with van der Waals surface area (Å²) in [5.41, 5.74) is 10.0. The predicted octanol–water partition coefficient (Wildman–Crippen LogP) is -2.68. The molecule has 2 unspecified atom stereocenters. The van der Waals surface area contributed by atoms with E-state index in [9.17, 15) is 9.59 Å². The van der Waals surface area contributed by atoms with Crippen LogP contribution in [-0.2, 0) is 9.59 Å². The molecule has 0 saturated heterocycles. The van der Waals surface area contributed by atoms with E-state index in [2.05, 4.69) is 0 Å². The van der Waals surface area contributed by atoms with Crippen molar-refractivity contribution in [3.05, 3.63) is 12.2 Å². The number of nitrogens with two attached hydrogens (primary N) is 2. The Morgan fingerprint density at radius 2 is 1.29 bits per heavy atom. The van der Waals surface area contributed by atoms with Gasteiger partial charge in [-0.05, 0) is 12.2 Å². The van der Waals surface area contributed by atoms with Gasteiger partial charge < -0.3 is 21.7 Å². The van der Waals surface area contributed by atoms with Gasteiger partial charge in [0, 0.05) is 13.1 Å². The highest BCUT2D eigenvalue weighted by Crippen LogP contribution is 1.89. The fourth-order valence-corrected chi connectivity index (χ4v) is 0.619. The Labute approximate surface area is 81.2 Å². The van der Waals surface area contributed by atoms with E-state index in [4.69, 9.17) is 21.7 Å². The van der Waals surface area contributed by atoms with Crippen LogP contribution in [0.2, 0.25) is 0 Å². The first-order valence-corrected chi connectivity index (χ1v) is 4.05. The van der Waals surface area contributed by atoms with Crippen molar-refractivity contribution in [1.82, 2.24) is 0 Å². The van der Waals surface area contributed by atoms with Gasteiger partial charge in [0.2, 0.25) is 0 Å². The van der Waals surface area contributed by atoms with E-state index in [1.807, 2.05) is 0 Å². The van der Waals surface area contributed by atoms with Crippen LogP contribution in [0.1, 0.15) is 0 Å². The minimum absolute atomic E-state index is 0.212. The van der Waals surface area contributed by atoms with Crippen LogP contribution in [-0.4, -0.2) is 47.1 Å². The van der Waals surface area contributed by atoms with E-state index in [0.29, 0.717) is 0 Å². The third-order valence-electron chi connectivity index (χ3n) is 1.52.